The first kappa shape index (κ1) is 10.8. The molecule has 0 aliphatic rings. The minimum atomic E-state index is -0.809. The van der Waals surface area contributed by atoms with E-state index in [0.717, 1.165) is 17.3 Å². The smallest absolute Gasteiger partial charge is 0.311 e. The second-order valence-electron chi connectivity index (χ2n) is 2.63. The Morgan fingerprint density at radius 3 is 1.64 bits per heavy atom. The summed E-state index contributed by atoms with van der Waals surface area (Å²) in [4.78, 5) is 10.5. The maximum atomic E-state index is 10.5. The normalized spacial score (nSPS) is 13.0. The molecule has 68 valence electrons. The minimum absolute atomic E-state index is 0.399. The van der Waals surface area contributed by atoms with Crippen LogP contribution in [0.25, 0.3) is 0 Å². The topological polar surface area (TPSA) is 37.3 Å². The maximum absolute atomic E-state index is 10.5. The lowest BCUT2D eigenvalue weighted by Crippen LogP contribution is -2.19. The molecular weight excluding hydrogens is 160 g/mol. The summed E-state index contributed by atoms with van der Waals surface area (Å²) >= 11 is 0. The Kier molecular flexibility index (Phi) is 4.57. The predicted molar refractivity (Wildman–Crippen MR) is 51.7 cm³/mol. The molecule has 0 aliphatic heterocycles. The first-order chi connectivity index (χ1) is 5.10. The van der Waals surface area contributed by atoms with Gasteiger partial charge in [-0.05, 0) is 17.3 Å². The van der Waals surface area contributed by atoms with Gasteiger partial charge in [0.15, 0.2) is 0 Å². The third kappa shape index (κ3) is 3.14. The molecule has 0 aromatic rings. The molecule has 0 saturated heterocycles. The van der Waals surface area contributed by atoms with E-state index in [9.17, 15) is 4.79 Å². The van der Waals surface area contributed by atoms with Crippen molar-refractivity contribution < 1.29 is 9.90 Å². The molecule has 1 N–H and O–H groups in total. The van der Waals surface area contributed by atoms with E-state index < -0.39 is 16.0 Å². The molecule has 0 saturated carbocycles. The highest BCUT2D eigenvalue weighted by Crippen LogP contribution is 2.46. The van der Waals surface area contributed by atoms with E-state index in [0.29, 0.717) is 5.75 Å². The van der Waals surface area contributed by atoms with Crippen LogP contribution < -0.4 is 0 Å². The Balaban J connectivity index is 4.16. The van der Waals surface area contributed by atoms with Crippen LogP contribution in [0.3, 0.4) is 0 Å². The summed E-state index contributed by atoms with van der Waals surface area (Å²) in [6.07, 6.45) is 0. The molecule has 0 heterocycles. The molecule has 0 amide bonds. The van der Waals surface area contributed by atoms with Gasteiger partial charge in [0.2, 0.25) is 0 Å². The highest BCUT2D eigenvalue weighted by Gasteiger charge is 2.20. The van der Waals surface area contributed by atoms with E-state index in [-0.39, 0.29) is 0 Å². The third-order valence-corrected chi connectivity index (χ3v) is 6.80. The zero-order valence-electron chi connectivity index (χ0n) is 7.59. The van der Waals surface area contributed by atoms with Crippen LogP contribution in [0.4, 0.5) is 0 Å². The lowest BCUT2D eigenvalue weighted by atomic mass is 10.8. The van der Waals surface area contributed by atoms with Gasteiger partial charge in [0.25, 0.3) is 0 Å². The van der Waals surface area contributed by atoms with Gasteiger partial charge in [0, 0.05) is 0 Å². The van der Waals surface area contributed by atoms with Crippen molar-refractivity contribution in [3.8, 4) is 0 Å². The Labute approximate surface area is 70.3 Å². The Morgan fingerprint density at radius 2 is 1.55 bits per heavy atom. The van der Waals surface area contributed by atoms with E-state index in [1.807, 2.05) is 0 Å². The average molecular weight is 178 g/mol. The number of hydrogen-bond acceptors (Lipinski definition) is 1. The van der Waals surface area contributed by atoms with E-state index >= 15 is 0 Å². The number of rotatable bonds is 5. The lowest BCUT2D eigenvalue weighted by molar-refractivity contribution is -0.133. The van der Waals surface area contributed by atoms with E-state index in [4.69, 9.17) is 5.11 Å². The molecule has 0 spiro atoms. The molecule has 2 nitrogen and oxygen atoms in total. The van der Waals surface area contributed by atoms with Gasteiger partial charge in [-0.3, -0.25) is 4.79 Å². The predicted octanol–water partition coefficient (Wildman–Crippen LogP) is 1.94. The number of carbonyl (C=O) groups is 1. The molecule has 0 aromatic heterocycles. The van der Waals surface area contributed by atoms with E-state index in [2.05, 4.69) is 20.8 Å². The van der Waals surface area contributed by atoms with Crippen molar-refractivity contribution >= 4 is 16.0 Å². The van der Waals surface area contributed by atoms with Crippen LogP contribution in [0.1, 0.15) is 20.8 Å². The van der Waals surface area contributed by atoms with Crippen molar-refractivity contribution in [2.75, 3.05) is 23.0 Å². The second kappa shape index (κ2) is 4.65. The van der Waals surface area contributed by atoms with Gasteiger partial charge in [-0.2, -0.15) is 0 Å². The Hall–Kier alpha value is -0.180. The molecule has 0 aromatic carbocycles. The number of aliphatic carboxylic acids is 1. The number of carboxylic acids is 1. The molecule has 0 aliphatic carbocycles. The molecule has 3 heteroatoms. The van der Waals surface area contributed by atoms with E-state index in [1.54, 1.807) is 0 Å². The van der Waals surface area contributed by atoms with Crippen molar-refractivity contribution in [1.82, 2.24) is 0 Å². The Bertz CT molecular complexity index is 122. The second-order valence-corrected chi connectivity index (χ2v) is 7.10. The molecule has 0 atom stereocenters. The highest BCUT2D eigenvalue weighted by molar-refractivity contribution is 8.34. The third-order valence-electron chi connectivity index (χ3n) is 2.27. The van der Waals surface area contributed by atoms with Crippen molar-refractivity contribution in [1.29, 1.82) is 0 Å². The van der Waals surface area contributed by atoms with Crippen LogP contribution in [-0.4, -0.2) is 34.1 Å². The van der Waals surface area contributed by atoms with Crippen LogP contribution >= 0.6 is 10.0 Å². The fourth-order valence-corrected chi connectivity index (χ4v) is 3.54. The van der Waals surface area contributed by atoms with Gasteiger partial charge < -0.3 is 5.11 Å². The minimum Gasteiger partial charge on any atom is -0.481 e. The summed E-state index contributed by atoms with van der Waals surface area (Å²) in [6.45, 7) is 6.31. The van der Waals surface area contributed by atoms with Crippen LogP contribution in [0.5, 0.6) is 0 Å². The van der Waals surface area contributed by atoms with Crippen LogP contribution in [-0.2, 0) is 4.79 Å². The summed E-state index contributed by atoms with van der Waals surface area (Å²) in [6, 6.07) is 0. The quantitative estimate of drug-likeness (QED) is 0.698. The molecule has 11 heavy (non-hydrogen) atoms. The van der Waals surface area contributed by atoms with Crippen LogP contribution in [0.2, 0.25) is 0 Å². The van der Waals surface area contributed by atoms with E-state index in [1.165, 1.54) is 0 Å². The average Bonchev–Trinajstić information content (AvgIpc) is 2.00. The summed E-state index contributed by atoms with van der Waals surface area (Å²) in [5.74, 6) is 2.91. The molecule has 0 radical (unpaired) electrons. The Morgan fingerprint density at radius 1 is 1.18 bits per heavy atom. The van der Waals surface area contributed by atoms with Crippen molar-refractivity contribution in [2.24, 2.45) is 0 Å². The first-order valence-corrected chi connectivity index (χ1v) is 6.37. The van der Waals surface area contributed by atoms with Gasteiger partial charge in [0.05, 0.1) is 5.75 Å². The lowest BCUT2D eigenvalue weighted by Gasteiger charge is -2.35. The summed E-state index contributed by atoms with van der Waals surface area (Å²) in [5.41, 5.74) is 0. The SMILES string of the molecule is CCS(CC)(CC)CC(=O)O. The maximum Gasteiger partial charge on any atom is 0.311 e. The van der Waals surface area contributed by atoms with Gasteiger partial charge >= 0.3 is 5.97 Å². The summed E-state index contributed by atoms with van der Waals surface area (Å²) in [5, 5.41) is 8.66. The van der Waals surface area contributed by atoms with Gasteiger partial charge in [-0.1, -0.05) is 20.8 Å². The van der Waals surface area contributed by atoms with Gasteiger partial charge in [-0.15, -0.1) is 0 Å². The van der Waals surface area contributed by atoms with Crippen molar-refractivity contribution in [3.63, 3.8) is 0 Å². The number of carboxylic acid groups (broad SMARTS) is 1. The molecule has 0 rings (SSSR count). The summed E-state index contributed by atoms with van der Waals surface area (Å²) in [7, 11) is -0.809. The zero-order valence-corrected chi connectivity index (χ0v) is 8.41. The fraction of sp³-hybridized carbons (Fsp3) is 0.875. The molecule has 0 bridgehead atoms. The molecule has 0 unspecified atom stereocenters. The number of hydrogen-bond donors (Lipinski definition) is 1. The van der Waals surface area contributed by atoms with Crippen LogP contribution in [0, 0.1) is 0 Å². The fourth-order valence-electron chi connectivity index (χ4n) is 1.18. The zero-order chi connectivity index (χ0) is 8.91. The van der Waals surface area contributed by atoms with Gasteiger partial charge in [0.1, 0.15) is 0 Å². The monoisotopic (exact) mass is 178 g/mol. The molecule has 0 fully saturated rings. The standard InChI is InChI=1S/C8H18O2S/c1-4-11(5-2,6-3)7-8(9)10/h4-7H2,1-3H3,(H,9,10). The van der Waals surface area contributed by atoms with Crippen LogP contribution in [0.15, 0.2) is 0 Å². The first-order valence-electron chi connectivity index (χ1n) is 4.06. The van der Waals surface area contributed by atoms with Gasteiger partial charge in [-0.25, -0.2) is 10.0 Å². The highest BCUT2D eigenvalue weighted by atomic mass is 32.3. The molecular formula is C8H18O2S. The van der Waals surface area contributed by atoms with Crippen molar-refractivity contribution in [2.45, 2.75) is 20.8 Å². The largest absolute Gasteiger partial charge is 0.481 e. The summed E-state index contributed by atoms with van der Waals surface area (Å²) < 4.78 is 0. The van der Waals surface area contributed by atoms with Crippen molar-refractivity contribution in [3.05, 3.63) is 0 Å².